The van der Waals surface area contributed by atoms with E-state index in [9.17, 15) is 0 Å². The minimum absolute atomic E-state index is 0.248. The minimum atomic E-state index is 0.248. The molecule has 0 spiro atoms. The summed E-state index contributed by atoms with van der Waals surface area (Å²) in [4.78, 5) is 2.43. The highest BCUT2D eigenvalue weighted by molar-refractivity contribution is 4.84. The van der Waals surface area contributed by atoms with Crippen molar-refractivity contribution in [3.8, 4) is 0 Å². The first kappa shape index (κ1) is 14.3. The fourth-order valence-electron chi connectivity index (χ4n) is 2.95. The summed E-state index contributed by atoms with van der Waals surface area (Å²) in [6.07, 6.45) is 5.40. The fraction of sp³-hybridized carbons (Fsp3) is 1.00. The Bertz CT molecular complexity index is 232. The van der Waals surface area contributed by atoms with Gasteiger partial charge in [-0.05, 0) is 45.8 Å². The van der Waals surface area contributed by atoms with Gasteiger partial charge in [-0.25, -0.2) is 0 Å². The maximum atomic E-state index is 6.02. The molecule has 0 aromatic carbocycles. The van der Waals surface area contributed by atoms with E-state index in [-0.39, 0.29) is 6.10 Å². The van der Waals surface area contributed by atoms with E-state index in [4.69, 9.17) is 9.47 Å². The van der Waals surface area contributed by atoms with E-state index >= 15 is 0 Å². The molecule has 18 heavy (non-hydrogen) atoms. The van der Waals surface area contributed by atoms with Crippen molar-refractivity contribution in [3.63, 3.8) is 0 Å². The summed E-state index contributed by atoms with van der Waals surface area (Å²) in [6.45, 7) is 7.05. The van der Waals surface area contributed by atoms with Crippen molar-refractivity contribution in [2.45, 2.75) is 50.9 Å². The number of likely N-dealkylation sites (tertiary alicyclic amines) is 1. The Labute approximate surface area is 111 Å². The molecule has 0 amide bonds. The van der Waals surface area contributed by atoms with Crippen LogP contribution in [0.5, 0.6) is 0 Å². The summed E-state index contributed by atoms with van der Waals surface area (Å²) in [5.74, 6) is 0. The van der Waals surface area contributed by atoms with Gasteiger partial charge in [0.1, 0.15) is 0 Å². The second-order valence-electron chi connectivity index (χ2n) is 5.55. The standard InChI is InChI=1S/C14H28N2O2/c1-3-9-17-14(13-5-4-8-16(13)2)11-18-12-6-7-15-10-12/h12-15H,3-11H2,1-2H3/t12?,13-,14?/m0/s1. The van der Waals surface area contributed by atoms with E-state index < -0.39 is 0 Å². The molecule has 106 valence electrons. The molecule has 0 bridgehead atoms. The number of ether oxygens (including phenoxy) is 2. The molecule has 2 heterocycles. The molecule has 2 unspecified atom stereocenters. The molecule has 0 saturated carbocycles. The molecule has 4 heteroatoms. The number of likely N-dealkylation sites (N-methyl/N-ethyl adjacent to an activating group) is 1. The van der Waals surface area contributed by atoms with Crippen molar-refractivity contribution in [2.75, 3.05) is 39.9 Å². The molecule has 2 fully saturated rings. The average Bonchev–Trinajstić information content (AvgIpc) is 3.01. The zero-order chi connectivity index (χ0) is 12.8. The third kappa shape index (κ3) is 3.92. The maximum Gasteiger partial charge on any atom is 0.0963 e. The highest BCUT2D eigenvalue weighted by Gasteiger charge is 2.31. The van der Waals surface area contributed by atoms with Crippen LogP contribution < -0.4 is 5.32 Å². The molecule has 0 aromatic heterocycles. The third-order valence-electron chi connectivity index (χ3n) is 4.05. The quantitative estimate of drug-likeness (QED) is 0.743. The highest BCUT2D eigenvalue weighted by Crippen LogP contribution is 2.21. The van der Waals surface area contributed by atoms with Gasteiger partial charge in [0.15, 0.2) is 0 Å². The largest absolute Gasteiger partial charge is 0.374 e. The van der Waals surface area contributed by atoms with Gasteiger partial charge in [-0.2, -0.15) is 0 Å². The Morgan fingerprint density at radius 3 is 2.89 bits per heavy atom. The van der Waals surface area contributed by atoms with E-state index in [0.29, 0.717) is 12.1 Å². The van der Waals surface area contributed by atoms with Gasteiger partial charge in [0.2, 0.25) is 0 Å². The Kier molecular flexibility index (Phi) is 5.89. The van der Waals surface area contributed by atoms with Crippen LogP contribution in [0.1, 0.15) is 32.6 Å². The Morgan fingerprint density at radius 2 is 2.28 bits per heavy atom. The first-order valence-electron chi connectivity index (χ1n) is 7.45. The molecular weight excluding hydrogens is 228 g/mol. The molecule has 2 aliphatic rings. The van der Waals surface area contributed by atoms with Crippen molar-refractivity contribution in [1.82, 2.24) is 10.2 Å². The van der Waals surface area contributed by atoms with Gasteiger partial charge in [-0.1, -0.05) is 6.92 Å². The second-order valence-corrected chi connectivity index (χ2v) is 5.55. The molecule has 4 nitrogen and oxygen atoms in total. The topological polar surface area (TPSA) is 33.7 Å². The lowest BCUT2D eigenvalue weighted by molar-refractivity contribution is -0.0664. The van der Waals surface area contributed by atoms with Crippen molar-refractivity contribution in [3.05, 3.63) is 0 Å². The van der Waals surface area contributed by atoms with Gasteiger partial charge < -0.3 is 19.7 Å². The number of nitrogens with zero attached hydrogens (tertiary/aromatic N) is 1. The van der Waals surface area contributed by atoms with Crippen LogP contribution in [0.4, 0.5) is 0 Å². The number of hydrogen-bond donors (Lipinski definition) is 1. The van der Waals surface area contributed by atoms with Crippen LogP contribution in [0.15, 0.2) is 0 Å². The predicted octanol–water partition coefficient (Wildman–Crippen LogP) is 1.25. The van der Waals surface area contributed by atoms with Crippen molar-refractivity contribution >= 4 is 0 Å². The van der Waals surface area contributed by atoms with Crippen LogP contribution in [0.2, 0.25) is 0 Å². The maximum absolute atomic E-state index is 6.02. The van der Waals surface area contributed by atoms with Gasteiger partial charge in [0.05, 0.1) is 18.8 Å². The van der Waals surface area contributed by atoms with E-state index in [1.807, 2.05) is 0 Å². The van der Waals surface area contributed by atoms with E-state index in [0.717, 1.165) is 39.1 Å². The van der Waals surface area contributed by atoms with Crippen molar-refractivity contribution in [1.29, 1.82) is 0 Å². The van der Waals surface area contributed by atoms with E-state index in [2.05, 4.69) is 24.2 Å². The summed E-state index contributed by atoms with van der Waals surface area (Å²) in [7, 11) is 2.21. The van der Waals surface area contributed by atoms with Crippen LogP contribution in [0.3, 0.4) is 0 Å². The Hall–Kier alpha value is -0.160. The first-order chi connectivity index (χ1) is 8.81. The zero-order valence-corrected chi connectivity index (χ0v) is 11.9. The van der Waals surface area contributed by atoms with Gasteiger partial charge in [0, 0.05) is 19.2 Å². The van der Waals surface area contributed by atoms with Crippen LogP contribution in [-0.4, -0.2) is 63.0 Å². The number of rotatable bonds is 7. The van der Waals surface area contributed by atoms with Gasteiger partial charge in [-0.15, -0.1) is 0 Å². The molecule has 0 aliphatic carbocycles. The second kappa shape index (κ2) is 7.43. The fourth-order valence-corrected chi connectivity index (χ4v) is 2.95. The Balaban J connectivity index is 1.79. The van der Waals surface area contributed by atoms with Crippen LogP contribution in [-0.2, 0) is 9.47 Å². The van der Waals surface area contributed by atoms with Crippen molar-refractivity contribution in [2.24, 2.45) is 0 Å². The number of hydrogen-bond acceptors (Lipinski definition) is 4. The summed E-state index contributed by atoms with van der Waals surface area (Å²) in [6, 6.07) is 0.547. The molecule has 3 atom stereocenters. The molecule has 0 aromatic rings. The van der Waals surface area contributed by atoms with Gasteiger partial charge in [-0.3, -0.25) is 0 Å². The lowest BCUT2D eigenvalue weighted by Gasteiger charge is -2.29. The molecule has 0 radical (unpaired) electrons. The van der Waals surface area contributed by atoms with E-state index in [1.54, 1.807) is 0 Å². The lowest BCUT2D eigenvalue weighted by atomic mass is 10.1. The smallest absolute Gasteiger partial charge is 0.0963 e. The Morgan fingerprint density at radius 1 is 1.39 bits per heavy atom. The molecule has 2 saturated heterocycles. The highest BCUT2D eigenvalue weighted by atomic mass is 16.5. The van der Waals surface area contributed by atoms with Gasteiger partial charge in [0.25, 0.3) is 0 Å². The van der Waals surface area contributed by atoms with Crippen LogP contribution >= 0.6 is 0 Å². The summed E-state index contributed by atoms with van der Waals surface area (Å²) < 4.78 is 12.0. The summed E-state index contributed by atoms with van der Waals surface area (Å²) >= 11 is 0. The predicted molar refractivity (Wildman–Crippen MR) is 72.9 cm³/mol. The molecule has 2 rings (SSSR count). The molecule has 2 aliphatic heterocycles. The zero-order valence-electron chi connectivity index (χ0n) is 11.9. The summed E-state index contributed by atoms with van der Waals surface area (Å²) in [5.41, 5.74) is 0. The number of nitrogens with one attached hydrogen (secondary N) is 1. The average molecular weight is 256 g/mol. The van der Waals surface area contributed by atoms with Crippen LogP contribution in [0.25, 0.3) is 0 Å². The van der Waals surface area contributed by atoms with Crippen LogP contribution in [0, 0.1) is 0 Å². The van der Waals surface area contributed by atoms with E-state index in [1.165, 1.54) is 19.4 Å². The molecular formula is C14H28N2O2. The summed E-state index contributed by atoms with van der Waals surface area (Å²) in [5, 5.41) is 3.34. The lowest BCUT2D eigenvalue weighted by Crippen LogP contribution is -2.42. The third-order valence-corrected chi connectivity index (χ3v) is 4.05. The minimum Gasteiger partial charge on any atom is -0.374 e. The normalized spacial score (nSPS) is 31.0. The SMILES string of the molecule is CCCOC(COC1CCNC1)[C@@H]1CCCN1C. The van der Waals surface area contributed by atoms with Crippen molar-refractivity contribution < 1.29 is 9.47 Å². The first-order valence-corrected chi connectivity index (χ1v) is 7.45. The monoisotopic (exact) mass is 256 g/mol. The van der Waals surface area contributed by atoms with Gasteiger partial charge >= 0.3 is 0 Å². The molecule has 1 N–H and O–H groups in total.